The molecule has 1 N–H and O–H groups in total. The van der Waals surface area contributed by atoms with E-state index >= 15 is 0 Å². The molecule has 1 aromatic heterocycles. The number of carbonyl (C=O) groups is 2. The zero-order valence-corrected chi connectivity index (χ0v) is 18.8. The van der Waals surface area contributed by atoms with Gasteiger partial charge in [-0.15, -0.1) is 11.8 Å². The highest BCUT2D eigenvalue weighted by Gasteiger charge is 2.46. The smallest absolute Gasteiger partial charge is 0.422 e. The molecule has 2 aromatic rings. The predicted molar refractivity (Wildman–Crippen MR) is 118 cm³/mol. The van der Waals surface area contributed by atoms with E-state index in [0.29, 0.717) is 21.2 Å². The van der Waals surface area contributed by atoms with E-state index in [1.807, 2.05) is 0 Å². The number of rotatable bonds is 5. The van der Waals surface area contributed by atoms with Gasteiger partial charge in [-0.25, -0.2) is 9.69 Å². The summed E-state index contributed by atoms with van der Waals surface area (Å²) in [5, 5.41) is 2.40. The number of benzene rings is 1. The second-order valence-corrected chi connectivity index (χ2v) is 8.86. The molecule has 1 saturated heterocycles. The normalized spacial score (nSPS) is 20.3. The van der Waals surface area contributed by atoms with Crippen molar-refractivity contribution in [1.82, 2.24) is 10.3 Å². The molecule has 2 unspecified atom stereocenters. The van der Waals surface area contributed by atoms with Gasteiger partial charge in [-0.1, -0.05) is 11.6 Å². The molecular formula is C21H17ClF3N3O4S. The summed E-state index contributed by atoms with van der Waals surface area (Å²) in [5.41, 5.74) is 0.727. The van der Waals surface area contributed by atoms with Crippen LogP contribution in [-0.2, 0) is 4.79 Å². The average Bonchev–Trinajstić information content (AvgIpc) is 3.17. The molecule has 4 rings (SSSR count). The largest absolute Gasteiger partial charge is 0.497 e. The van der Waals surface area contributed by atoms with Gasteiger partial charge in [0, 0.05) is 27.3 Å². The third-order valence-electron chi connectivity index (χ3n) is 4.98. The van der Waals surface area contributed by atoms with Gasteiger partial charge in [0.2, 0.25) is 0 Å². The first kappa shape index (κ1) is 23.2. The Labute approximate surface area is 195 Å². The van der Waals surface area contributed by atoms with Crippen LogP contribution in [0.2, 0.25) is 5.02 Å². The Bertz CT molecular complexity index is 1160. The van der Waals surface area contributed by atoms with E-state index in [9.17, 15) is 22.8 Å². The van der Waals surface area contributed by atoms with Crippen molar-refractivity contribution in [3.05, 3.63) is 52.8 Å². The number of halogens is 4. The van der Waals surface area contributed by atoms with Gasteiger partial charge in [-0.3, -0.25) is 9.78 Å². The molecule has 2 aliphatic heterocycles. The highest BCUT2D eigenvalue weighted by atomic mass is 35.5. The minimum atomic E-state index is -4.59. The number of alkyl halides is 3. The Kier molecular flexibility index (Phi) is 6.19. The number of amides is 3. The molecule has 0 bridgehead atoms. The summed E-state index contributed by atoms with van der Waals surface area (Å²) in [6, 6.07) is 3.66. The number of hydrogen-bond donors (Lipinski definition) is 1. The maximum Gasteiger partial charge on any atom is 0.422 e. The van der Waals surface area contributed by atoms with Gasteiger partial charge < -0.3 is 14.8 Å². The van der Waals surface area contributed by atoms with Crippen molar-refractivity contribution in [2.75, 3.05) is 18.6 Å². The molecule has 33 heavy (non-hydrogen) atoms. The van der Waals surface area contributed by atoms with E-state index < -0.39 is 36.0 Å². The third-order valence-corrected chi connectivity index (χ3v) is 6.67. The SMILES string of the molecule is COc1ccc(Cl)c(C2=CC3NC(=O)N(c4cncc(C)c4OCC(F)(F)F)C(=O)C3S2)c1. The van der Waals surface area contributed by atoms with E-state index in [0.717, 1.165) is 11.1 Å². The van der Waals surface area contributed by atoms with Gasteiger partial charge in [-0.05, 0) is 31.2 Å². The number of aromatic nitrogens is 1. The lowest BCUT2D eigenvalue weighted by Crippen LogP contribution is -2.60. The highest BCUT2D eigenvalue weighted by Crippen LogP contribution is 2.46. The molecule has 0 spiro atoms. The molecule has 7 nitrogen and oxygen atoms in total. The summed E-state index contributed by atoms with van der Waals surface area (Å²) in [4.78, 5) is 31.5. The molecule has 12 heteroatoms. The molecule has 2 atom stereocenters. The number of thioether (sulfide) groups is 1. The number of anilines is 1. The number of nitrogens with zero attached hydrogens (tertiary/aromatic N) is 2. The van der Waals surface area contributed by atoms with Gasteiger partial charge in [0.1, 0.15) is 22.4 Å². The minimum Gasteiger partial charge on any atom is -0.497 e. The molecule has 1 fully saturated rings. The summed E-state index contributed by atoms with van der Waals surface area (Å²) >= 11 is 7.51. The van der Waals surface area contributed by atoms with Crippen molar-refractivity contribution in [1.29, 1.82) is 0 Å². The third kappa shape index (κ3) is 4.60. The van der Waals surface area contributed by atoms with Crippen LogP contribution >= 0.6 is 23.4 Å². The van der Waals surface area contributed by atoms with Gasteiger partial charge in [0.25, 0.3) is 5.91 Å². The lowest BCUT2D eigenvalue weighted by atomic mass is 10.1. The van der Waals surface area contributed by atoms with E-state index in [1.165, 1.54) is 32.0 Å². The second-order valence-electron chi connectivity index (χ2n) is 7.27. The van der Waals surface area contributed by atoms with Gasteiger partial charge >= 0.3 is 12.2 Å². The fraction of sp³-hybridized carbons (Fsp3) is 0.286. The maximum atomic E-state index is 13.3. The lowest BCUT2D eigenvalue weighted by Gasteiger charge is -2.33. The van der Waals surface area contributed by atoms with Crippen molar-refractivity contribution >= 4 is 45.9 Å². The summed E-state index contributed by atoms with van der Waals surface area (Å²) in [6.07, 6.45) is -0.455. The first-order valence-corrected chi connectivity index (χ1v) is 10.9. The van der Waals surface area contributed by atoms with Gasteiger partial charge in [0.05, 0.1) is 19.3 Å². The number of urea groups is 1. The van der Waals surface area contributed by atoms with Crippen LogP contribution in [0.3, 0.4) is 0 Å². The quantitative estimate of drug-likeness (QED) is 0.649. The predicted octanol–water partition coefficient (Wildman–Crippen LogP) is 4.57. The number of methoxy groups -OCH3 is 1. The van der Waals surface area contributed by atoms with Crippen molar-refractivity contribution < 1.29 is 32.2 Å². The number of hydrogen-bond acceptors (Lipinski definition) is 6. The molecule has 3 amide bonds. The van der Waals surface area contributed by atoms with Crippen molar-refractivity contribution in [2.45, 2.75) is 24.4 Å². The average molecular weight is 500 g/mol. The number of pyridine rings is 1. The Morgan fingerprint density at radius 1 is 1.27 bits per heavy atom. The molecule has 3 heterocycles. The molecule has 0 aliphatic carbocycles. The Balaban J connectivity index is 1.64. The monoisotopic (exact) mass is 499 g/mol. The van der Waals surface area contributed by atoms with E-state index in [1.54, 1.807) is 24.3 Å². The number of ether oxygens (including phenoxy) is 2. The summed E-state index contributed by atoms with van der Waals surface area (Å²) in [5.74, 6) is -0.278. The molecule has 174 valence electrons. The standard InChI is InChI=1S/C21H17ClF3N3O4S/c1-10-7-26-8-15(17(10)32-9-21(23,24)25)28-19(29)18-14(27-20(28)30)6-16(33-18)12-5-11(31-2)3-4-13(12)22/h3-8,14,18H,9H2,1-2H3,(H,27,30). The van der Waals surface area contributed by atoms with Crippen LogP contribution in [0, 0.1) is 6.92 Å². The van der Waals surface area contributed by atoms with Crippen LogP contribution in [0.5, 0.6) is 11.5 Å². The number of fused-ring (bicyclic) bond motifs is 1. The van der Waals surface area contributed by atoms with Crippen LogP contribution in [0.4, 0.5) is 23.7 Å². The minimum absolute atomic E-state index is 0.159. The topological polar surface area (TPSA) is 80.8 Å². The Morgan fingerprint density at radius 3 is 2.73 bits per heavy atom. The summed E-state index contributed by atoms with van der Waals surface area (Å²) in [7, 11) is 1.51. The lowest BCUT2D eigenvalue weighted by molar-refractivity contribution is -0.153. The first-order chi connectivity index (χ1) is 15.6. The molecule has 0 saturated carbocycles. The molecule has 2 aliphatic rings. The van der Waals surface area contributed by atoms with E-state index in [2.05, 4.69) is 10.3 Å². The van der Waals surface area contributed by atoms with Crippen LogP contribution in [-0.4, -0.2) is 48.1 Å². The van der Waals surface area contributed by atoms with Gasteiger partial charge in [0.15, 0.2) is 6.61 Å². The van der Waals surface area contributed by atoms with Crippen LogP contribution in [0.15, 0.2) is 36.7 Å². The van der Waals surface area contributed by atoms with Crippen LogP contribution in [0.25, 0.3) is 4.91 Å². The number of imide groups is 1. The van der Waals surface area contributed by atoms with Crippen molar-refractivity contribution in [3.8, 4) is 11.5 Å². The Morgan fingerprint density at radius 2 is 2.03 bits per heavy atom. The maximum absolute atomic E-state index is 13.3. The van der Waals surface area contributed by atoms with Crippen molar-refractivity contribution in [3.63, 3.8) is 0 Å². The zero-order valence-electron chi connectivity index (χ0n) is 17.3. The molecule has 1 aromatic carbocycles. The summed E-state index contributed by atoms with van der Waals surface area (Å²) < 4.78 is 48.4. The number of nitrogens with one attached hydrogen (secondary N) is 1. The molecule has 0 radical (unpaired) electrons. The van der Waals surface area contributed by atoms with Crippen molar-refractivity contribution in [2.24, 2.45) is 0 Å². The van der Waals surface area contributed by atoms with Crippen LogP contribution in [0.1, 0.15) is 11.1 Å². The first-order valence-electron chi connectivity index (χ1n) is 9.60. The van der Waals surface area contributed by atoms with E-state index in [4.69, 9.17) is 21.1 Å². The fourth-order valence-electron chi connectivity index (χ4n) is 3.50. The van der Waals surface area contributed by atoms with Crippen LogP contribution < -0.4 is 19.7 Å². The number of aryl methyl sites for hydroxylation is 1. The summed E-state index contributed by atoms with van der Waals surface area (Å²) in [6.45, 7) is -0.0958. The molecular weight excluding hydrogens is 483 g/mol. The number of carbonyl (C=O) groups excluding carboxylic acids is 2. The van der Waals surface area contributed by atoms with Gasteiger partial charge in [-0.2, -0.15) is 13.2 Å². The highest BCUT2D eigenvalue weighted by molar-refractivity contribution is 8.09. The fourth-order valence-corrected chi connectivity index (χ4v) is 5.07. The zero-order chi connectivity index (χ0) is 23.9. The Hall–Kier alpha value is -2.92. The second kappa shape index (κ2) is 8.79. The van der Waals surface area contributed by atoms with E-state index in [-0.39, 0.29) is 17.0 Å².